The second-order valence-electron chi connectivity index (χ2n) is 3.24. The number of amides is 1. The zero-order chi connectivity index (χ0) is 14.4. The number of rotatable bonds is 4. The summed E-state index contributed by atoms with van der Waals surface area (Å²) in [6.45, 7) is 2.22. The van der Waals surface area contributed by atoms with E-state index in [9.17, 15) is 9.90 Å². The van der Waals surface area contributed by atoms with Crippen LogP contribution in [0.25, 0.3) is 0 Å². The summed E-state index contributed by atoms with van der Waals surface area (Å²) in [5.74, 6) is 0.309. The minimum Gasteiger partial charge on any atom is -0.503 e. The quantitative estimate of drug-likeness (QED) is 0.606. The Balaban J connectivity index is 3.03. The molecular formula is C11H12Br2N2O4. The van der Waals surface area contributed by atoms with E-state index in [1.54, 1.807) is 6.07 Å². The van der Waals surface area contributed by atoms with Crippen molar-refractivity contribution >= 4 is 44.2 Å². The molecule has 0 saturated heterocycles. The van der Waals surface area contributed by atoms with Gasteiger partial charge in [0.2, 0.25) is 0 Å². The third kappa shape index (κ3) is 4.10. The standard InChI is InChI=1S/C11H12Br2N2O4/c1-3-19-7-4-6(5-14-15-11(17)18-2)8(12)9(13)10(7)16/h4-5,16H,3H2,1-2H3,(H,15,17)/b14-5+. The number of phenols is 1. The van der Waals surface area contributed by atoms with Crippen LogP contribution in [0.1, 0.15) is 12.5 Å². The topological polar surface area (TPSA) is 80.2 Å². The van der Waals surface area contributed by atoms with Crippen molar-refractivity contribution in [1.82, 2.24) is 5.43 Å². The second-order valence-corrected chi connectivity index (χ2v) is 4.82. The zero-order valence-corrected chi connectivity index (χ0v) is 13.4. The molecule has 0 heterocycles. The summed E-state index contributed by atoms with van der Waals surface area (Å²) < 4.78 is 10.7. The van der Waals surface area contributed by atoms with E-state index in [1.807, 2.05) is 6.92 Å². The number of nitrogens with one attached hydrogen (secondary N) is 1. The van der Waals surface area contributed by atoms with E-state index >= 15 is 0 Å². The average Bonchev–Trinajstić information content (AvgIpc) is 2.41. The molecule has 0 saturated carbocycles. The van der Waals surface area contributed by atoms with Crippen LogP contribution >= 0.6 is 31.9 Å². The van der Waals surface area contributed by atoms with Crippen molar-refractivity contribution in [1.29, 1.82) is 0 Å². The van der Waals surface area contributed by atoms with Gasteiger partial charge in [-0.1, -0.05) is 0 Å². The number of aromatic hydroxyl groups is 1. The first-order valence-corrected chi connectivity index (χ1v) is 6.80. The van der Waals surface area contributed by atoms with Crippen LogP contribution in [0.2, 0.25) is 0 Å². The Kier molecular flexibility index (Phi) is 6.10. The summed E-state index contributed by atoms with van der Waals surface area (Å²) in [5.41, 5.74) is 2.78. The number of phenolic OH excluding ortho intramolecular Hbond substituents is 1. The van der Waals surface area contributed by atoms with Gasteiger partial charge in [0, 0.05) is 10.0 Å². The molecule has 1 rings (SSSR count). The van der Waals surface area contributed by atoms with Gasteiger partial charge in [-0.2, -0.15) is 5.10 Å². The predicted molar refractivity (Wildman–Crippen MR) is 77.8 cm³/mol. The van der Waals surface area contributed by atoms with E-state index in [2.05, 4.69) is 47.1 Å². The van der Waals surface area contributed by atoms with Crippen molar-refractivity contribution in [2.75, 3.05) is 13.7 Å². The summed E-state index contributed by atoms with van der Waals surface area (Å²) in [6.07, 6.45) is 0.725. The van der Waals surface area contributed by atoms with E-state index in [-0.39, 0.29) is 5.75 Å². The van der Waals surface area contributed by atoms with Gasteiger partial charge >= 0.3 is 6.09 Å². The van der Waals surface area contributed by atoms with Gasteiger partial charge in [0.1, 0.15) is 0 Å². The lowest BCUT2D eigenvalue weighted by Gasteiger charge is -2.10. The van der Waals surface area contributed by atoms with Gasteiger partial charge in [-0.25, -0.2) is 10.2 Å². The highest BCUT2D eigenvalue weighted by atomic mass is 79.9. The minimum absolute atomic E-state index is 0.00759. The SMILES string of the molecule is CCOc1cc(/C=N/NC(=O)OC)c(Br)c(Br)c1O. The van der Waals surface area contributed by atoms with Gasteiger partial charge in [0.15, 0.2) is 11.5 Å². The normalized spacial score (nSPS) is 10.5. The van der Waals surface area contributed by atoms with Crippen LogP contribution in [0.4, 0.5) is 4.79 Å². The lowest BCUT2D eigenvalue weighted by molar-refractivity contribution is 0.171. The molecule has 2 N–H and O–H groups in total. The summed E-state index contributed by atoms with van der Waals surface area (Å²) in [6, 6.07) is 1.59. The molecular weight excluding hydrogens is 384 g/mol. The van der Waals surface area contributed by atoms with Crippen LogP contribution < -0.4 is 10.2 Å². The lowest BCUT2D eigenvalue weighted by atomic mass is 10.2. The maximum atomic E-state index is 10.8. The van der Waals surface area contributed by atoms with Crippen molar-refractivity contribution in [3.8, 4) is 11.5 Å². The number of carbonyl (C=O) groups excluding carboxylic acids is 1. The molecule has 1 aromatic carbocycles. The van der Waals surface area contributed by atoms with E-state index < -0.39 is 6.09 Å². The zero-order valence-electron chi connectivity index (χ0n) is 10.2. The number of hydrogen-bond donors (Lipinski definition) is 2. The Labute approximate surface area is 127 Å². The van der Waals surface area contributed by atoms with E-state index in [1.165, 1.54) is 13.3 Å². The number of benzene rings is 1. The maximum Gasteiger partial charge on any atom is 0.427 e. The highest BCUT2D eigenvalue weighted by molar-refractivity contribution is 9.13. The lowest BCUT2D eigenvalue weighted by Crippen LogP contribution is -2.16. The van der Waals surface area contributed by atoms with Gasteiger partial charge in [-0.3, -0.25) is 0 Å². The number of methoxy groups -OCH3 is 1. The molecule has 1 aromatic rings. The number of carbonyl (C=O) groups is 1. The van der Waals surface area contributed by atoms with Crippen molar-refractivity contribution in [3.63, 3.8) is 0 Å². The van der Waals surface area contributed by atoms with Crippen molar-refractivity contribution < 1.29 is 19.4 Å². The summed E-state index contributed by atoms with van der Waals surface area (Å²) in [7, 11) is 1.24. The Hall–Kier alpha value is -1.28. The highest BCUT2D eigenvalue weighted by Gasteiger charge is 2.14. The summed E-state index contributed by atoms with van der Waals surface area (Å²) in [4.78, 5) is 10.8. The third-order valence-electron chi connectivity index (χ3n) is 2.02. The molecule has 6 nitrogen and oxygen atoms in total. The molecule has 0 aliphatic rings. The molecule has 0 aliphatic heterocycles. The molecule has 0 bridgehead atoms. The summed E-state index contributed by atoms with van der Waals surface area (Å²) in [5, 5.41) is 13.6. The molecule has 0 fully saturated rings. The van der Waals surface area contributed by atoms with Crippen LogP contribution in [-0.2, 0) is 4.74 Å². The van der Waals surface area contributed by atoms with Crippen LogP contribution in [-0.4, -0.2) is 31.1 Å². The molecule has 0 radical (unpaired) electrons. The summed E-state index contributed by atoms with van der Waals surface area (Å²) >= 11 is 6.54. The van der Waals surface area contributed by atoms with Gasteiger partial charge in [-0.05, 0) is 44.8 Å². The predicted octanol–water partition coefficient (Wildman–Crippen LogP) is 3.01. The monoisotopic (exact) mass is 394 g/mol. The number of ether oxygens (including phenoxy) is 2. The van der Waals surface area contributed by atoms with Gasteiger partial charge < -0.3 is 14.6 Å². The smallest absolute Gasteiger partial charge is 0.427 e. The molecule has 19 heavy (non-hydrogen) atoms. The van der Waals surface area contributed by atoms with Gasteiger partial charge in [-0.15, -0.1) is 0 Å². The third-order valence-corrected chi connectivity index (χ3v) is 4.18. The fourth-order valence-electron chi connectivity index (χ4n) is 1.17. The first kappa shape index (κ1) is 15.8. The highest BCUT2D eigenvalue weighted by Crippen LogP contribution is 2.41. The number of hydrogen-bond acceptors (Lipinski definition) is 5. The van der Waals surface area contributed by atoms with E-state index in [0.717, 1.165) is 0 Å². The Morgan fingerprint density at radius 2 is 2.21 bits per heavy atom. The van der Waals surface area contributed by atoms with Crippen LogP contribution in [0.5, 0.6) is 11.5 Å². The molecule has 1 amide bonds. The molecule has 0 atom stereocenters. The molecule has 0 spiro atoms. The average molecular weight is 396 g/mol. The van der Waals surface area contributed by atoms with Crippen molar-refractivity contribution in [2.45, 2.75) is 6.92 Å². The first-order chi connectivity index (χ1) is 9.01. The second kappa shape index (κ2) is 7.34. The Morgan fingerprint density at radius 3 is 2.79 bits per heavy atom. The molecule has 0 aliphatic carbocycles. The molecule has 0 aromatic heterocycles. The Bertz CT molecular complexity index is 506. The number of halogens is 2. The molecule has 0 unspecified atom stereocenters. The van der Waals surface area contributed by atoms with Crippen LogP contribution in [0.3, 0.4) is 0 Å². The number of nitrogens with zero attached hydrogens (tertiary/aromatic N) is 1. The maximum absolute atomic E-state index is 10.8. The van der Waals surface area contributed by atoms with E-state index in [0.29, 0.717) is 26.9 Å². The van der Waals surface area contributed by atoms with E-state index in [4.69, 9.17) is 4.74 Å². The van der Waals surface area contributed by atoms with Crippen molar-refractivity contribution in [3.05, 3.63) is 20.6 Å². The van der Waals surface area contributed by atoms with Crippen molar-refractivity contribution in [2.24, 2.45) is 5.10 Å². The first-order valence-electron chi connectivity index (χ1n) is 5.22. The largest absolute Gasteiger partial charge is 0.503 e. The number of hydrazone groups is 1. The van der Waals surface area contributed by atoms with Gasteiger partial charge in [0.25, 0.3) is 0 Å². The fraction of sp³-hybridized carbons (Fsp3) is 0.273. The molecule has 8 heteroatoms. The fourth-order valence-corrected chi connectivity index (χ4v) is 2.00. The molecule has 104 valence electrons. The van der Waals surface area contributed by atoms with Crippen LogP contribution in [0.15, 0.2) is 20.1 Å². The minimum atomic E-state index is -0.671. The van der Waals surface area contributed by atoms with Gasteiger partial charge in [0.05, 0.1) is 24.4 Å². The Morgan fingerprint density at radius 1 is 1.53 bits per heavy atom. The van der Waals surface area contributed by atoms with Crippen LogP contribution in [0, 0.1) is 0 Å².